The molecule has 7 nitrogen and oxygen atoms in total. The predicted molar refractivity (Wildman–Crippen MR) is 135 cm³/mol. The fraction of sp³-hybridized carbons (Fsp3) is 0.464. The Morgan fingerprint density at radius 2 is 1.43 bits per heavy atom. The number of amides is 2. The summed E-state index contributed by atoms with van der Waals surface area (Å²) in [4.78, 5) is 37.0. The standard InChI is InChI=1S/C28H36N2O5/c1-16(2)23(26(31)30-18(5)25(17(3)4)27(32)33)14-29-28(34)35-15-24-21-12-8-6-10-19(21)20-11-7-9-13-22(20)24/h6-13,16-18,23-25H,14-15H2,1-5H3,(H,29,34)(H,30,31)(H,32,33). The van der Waals surface area contributed by atoms with Gasteiger partial charge in [-0.3, -0.25) is 9.59 Å². The fourth-order valence-corrected chi connectivity index (χ4v) is 4.97. The van der Waals surface area contributed by atoms with Crippen LogP contribution in [0.3, 0.4) is 0 Å². The van der Waals surface area contributed by atoms with E-state index in [2.05, 4.69) is 34.9 Å². The van der Waals surface area contributed by atoms with Crippen molar-refractivity contribution in [2.75, 3.05) is 13.2 Å². The van der Waals surface area contributed by atoms with Crippen molar-refractivity contribution in [3.63, 3.8) is 0 Å². The van der Waals surface area contributed by atoms with Crippen molar-refractivity contribution < 1.29 is 24.2 Å². The van der Waals surface area contributed by atoms with Gasteiger partial charge in [0.1, 0.15) is 6.61 Å². The Hall–Kier alpha value is -3.35. The summed E-state index contributed by atoms with van der Waals surface area (Å²) in [5.74, 6) is -2.65. The molecule has 3 unspecified atom stereocenters. The normalized spacial score (nSPS) is 15.2. The molecule has 3 N–H and O–H groups in total. The number of hydrogen-bond acceptors (Lipinski definition) is 4. The third-order valence-electron chi connectivity index (χ3n) is 6.86. The lowest BCUT2D eigenvalue weighted by Crippen LogP contribution is -2.48. The third kappa shape index (κ3) is 6.02. The molecule has 1 aliphatic rings. The van der Waals surface area contributed by atoms with Crippen LogP contribution in [0.5, 0.6) is 0 Å². The SMILES string of the molecule is CC(C)C(CNC(=O)OCC1c2ccccc2-c2ccccc21)C(=O)NC(C)C(C(=O)O)C(C)C. The van der Waals surface area contributed by atoms with Crippen LogP contribution in [0.1, 0.15) is 51.7 Å². The lowest BCUT2D eigenvalue weighted by molar-refractivity contribution is -0.144. The molecule has 2 amide bonds. The maximum absolute atomic E-state index is 12.9. The van der Waals surface area contributed by atoms with Crippen LogP contribution < -0.4 is 10.6 Å². The third-order valence-corrected chi connectivity index (χ3v) is 6.86. The van der Waals surface area contributed by atoms with Gasteiger partial charge in [-0.25, -0.2) is 4.79 Å². The molecule has 35 heavy (non-hydrogen) atoms. The van der Waals surface area contributed by atoms with Crippen LogP contribution in [-0.2, 0) is 14.3 Å². The maximum Gasteiger partial charge on any atom is 0.407 e. The minimum absolute atomic E-state index is 0.0396. The molecule has 2 aromatic carbocycles. The summed E-state index contributed by atoms with van der Waals surface area (Å²) in [6, 6.07) is 15.7. The molecular weight excluding hydrogens is 444 g/mol. The minimum Gasteiger partial charge on any atom is -0.481 e. The Labute approximate surface area is 207 Å². The highest BCUT2D eigenvalue weighted by Gasteiger charge is 2.32. The number of carbonyl (C=O) groups excluding carboxylic acids is 2. The Kier molecular flexibility index (Phi) is 8.54. The molecule has 3 rings (SSSR count). The van der Waals surface area contributed by atoms with E-state index in [1.807, 2.05) is 52.0 Å². The van der Waals surface area contributed by atoms with Gasteiger partial charge in [-0.05, 0) is 41.0 Å². The topological polar surface area (TPSA) is 105 Å². The van der Waals surface area contributed by atoms with Gasteiger partial charge >= 0.3 is 12.1 Å². The zero-order chi connectivity index (χ0) is 25.7. The van der Waals surface area contributed by atoms with E-state index in [0.717, 1.165) is 22.3 Å². The van der Waals surface area contributed by atoms with Gasteiger partial charge in [-0.1, -0.05) is 76.2 Å². The van der Waals surface area contributed by atoms with E-state index >= 15 is 0 Å². The number of fused-ring (bicyclic) bond motifs is 3. The average molecular weight is 481 g/mol. The Morgan fingerprint density at radius 3 is 1.91 bits per heavy atom. The average Bonchev–Trinajstić information content (AvgIpc) is 3.10. The number of hydrogen-bond donors (Lipinski definition) is 3. The van der Waals surface area contributed by atoms with Gasteiger partial charge < -0.3 is 20.5 Å². The van der Waals surface area contributed by atoms with E-state index in [1.165, 1.54) is 0 Å². The van der Waals surface area contributed by atoms with Crippen molar-refractivity contribution in [1.29, 1.82) is 0 Å². The van der Waals surface area contributed by atoms with Crippen molar-refractivity contribution in [1.82, 2.24) is 10.6 Å². The molecule has 0 saturated carbocycles. The number of ether oxygens (including phenoxy) is 1. The minimum atomic E-state index is -0.939. The van der Waals surface area contributed by atoms with Crippen molar-refractivity contribution in [2.24, 2.45) is 23.7 Å². The quantitative estimate of drug-likeness (QED) is 0.459. The Balaban J connectivity index is 1.58. The first-order valence-corrected chi connectivity index (χ1v) is 12.2. The van der Waals surface area contributed by atoms with Gasteiger partial charge in [0.25, 0.3) is 0 Å². The first-order chi connectivity index (χ1) is 16.6. The summed E-state index contributed by atoms with van der Waals surface area (Å²) in [7, 11) is 0. The van der Waals surface area contributed by atoms with Crippen molar-refractivity contribution in [2.45, 2.75) is 46.6 Å². The molecular formula is C28H36N2O5. The molecule has 7 heteroatoms. The van der Waals surface area contributed by atoms with E-state index in [1.54, 1.807) is 6.92 Å². The van der Waals surface area contributed by atoms with E-state index in [4.69, 9.17) is 4.74 Å². The monoisotopic (exact) mass is 480 g/mol. The molecule has 3 atom stereocenters. The first kappa shape index (κ1) is 26.3. The number of carboxylic acids is 1. The highest BCUT2D eigenvalue weighted by Crippen LogP contribution is 2.44. The van der Waals surface area contributed by atoms with E-state index in [0.29, 0.717) is 0 Å². The second-order valence-corrected chi connectivity index (χ2v) is 9.96. The molecule has 0 fully saturated rings. The maximum atomic E-state index is 12.9. The molecule has 0 radical (unpaired) electrons. The molecule has 0 saturated heterocycles. The van der Waals surface area contributed by atoms with Crippen LogP contribution in [0.25, 0.3) is 11.1 Å². The van der Waals surface area contributed by atoms with Crippen LogP contribution >= 0.6 is 0 Å². The first-order valence-electron chi connectivity index (χ1n) is 12.2. The van der Waals surface area contributed by atoms with Gasteiger partial charge in [0.05, 0.1) is 11.8 Å². The Morgan fingerprint density at radius 1 is 0.886 bits per heavy atom. The second kappa shape index (κ2) is 11.4. The van der Waals surface area contributed by atoms with Gasteiger partial charge in [0.2, 0.25) is 5.91 Å². The van der Waals surface area contributed by atoms with Crippen molar-refractivity contribution in [3.8, 4) is 11.1 Å². The van der Waals surface area contributed by atoms with Crippen molar-refractivity contribution in [3.05, 3.63) is 59.7 Å². The number of aliphatic carboxylic acids is 1. The fourth-order valence-electron chi connectivity index (χ4n) is 4.97. The smallest absolute Gasteiger partial charge is 0.407 e. The summed E-state index contributed by atoms with van der Waals surface area (Å²) in [6.45, 7) is 9.43. The second-order valence-electron chi connectivity index (χ2n) is 9.96. The molecule has 0 bridgehead atoms. The molecule has 0 aromatic heterocycles. The molecule has 2 aromatic rings. The van der Waals surface area contributed by atoms with Gasteiger partial charge in [-0.2, -0.15) is 0 Å². The number of carbonyl (C=O) groups is 3. The van der Waals surface area contributed by atoms with Crippen LogP contribution in [0, 0.1) is 23.7 Å². The lowest BCUT2D eigenvalue weighted by Gasteiger charge is -2.28. The highest BCUT2D eigenvalue weighted by molar-refractivity contribution is 5.81. The van der Waals surface area contributed by atoms with Crippen LogP contribution in [-0.4, -0.2) is 42.3 Å². The molecule has 0 heterocycles. The summed E-state index contributed by atoms with van der Waals surface area (Å²) >= 11 is 0. The van der Waals surface area contributed by atoms with E-state index < -0.39 is 29.9 Å². The molecule has 0 spiro atoms. The van der Waals surface area contributed by atoms with E-state index in [9.17, 15) is 19.5 Å². The van der Waals surface area contributed by atoms with Gasteiger partial charge in [0, 0.05) is 18.5 Å². The number of nitrogens with one attached hydrogen (secondary N) is 2. The van der Waals surface area contributed by atoms with Crippen molar-refractivity contribution >= 4 is 18.0 Å². The summed E-state index contributed by atoms with van der Waals surface area (Å²) < 4.78 is 5.57. The highest BCUT2D eigenvalue weighted by atomic mass is 16.5. The van der Waals surface area contributed by atoms with Crippen LogP contribution in [0.2, 0.25) is 0 Å². The van der Waals surface area contributed by atoms with Gasteiger partial charge in [-0.15, -0.1) is 0 Å². The number of rotatable bonds is 10. The number of benzene rings is 2. The summed E-state index contributed by atoms with van der Waals surface area (Å²) in [5.41, 5.74) is 4.58. The zero-order valence-electron chi connectivity index (χ0n) is 21.1. The van der Waals surface area contributed by atoms with Crippen LogP contribution in [0.4, 0.5) is 4.79 Å². The summed E-state index contributed by atoms with van der Waals surface area (Å²) in [5, 5.41) is 15.1. The molecule has 1 aliphatic carbocycles. The number of carboxylic acid groups (broad SMARTS) is 1. The molecule has 188 valence electrons. The van der Waals surface area contributed by atoms with Crippen LogP contribution in [0.15, 0.2) is 48.5 Å². The number of alkyl carbamates (subject to hydrolysis) is 1. The predicted octanol–water partition coefficient (Wildman–Crippen LogP) is 4.66. The zero-order valence-corrected chi connectivity index (χ0v) is 21.1. The van der Waals surface area contributed by atoms with Gasteiger partial charge in [0.15, 0.2) is 0 Å². The molecule has 0 aliphatic heterocycles. The lowest BCUT2D eigenvalue weighted by atomic mass is 9.88. The van der Waals surface area contributed by atoms with E-state index in [-0.39, 0.29) is 36.8 Å². The largest absolute Gasteiger partial charge is 0.481 e. The Bertz CT molecular complexity index is 1020. The summed E-state index contributed by atoms with van der Waals surface area (Å²) in [6.07, 6.45) is -0.580.